The maximum atomic E-state index is 13.0. The van der Waals surface area contributed by atoms with Crippen LogP contribution in [0.25, 0.3) is 22.2 Å². The maximum Gasteiger partial charge on any atom is 0.416 e. The first-order valence-electron chi connectivity index (χ1n) is 8.59. The monoisotopic (exact) mass is 413 g/mol. The van der Waals surface area contributed by atoms with Gasteiger partial charge in [-0.05, 0) is 29.8 Å². The number of nitrogens with zero attached hydrogens (tertiary/aromatic N) is 2. The van der Waals surface area contributed by atoms with Gasteiger partial charge in [0.25, 0.3) is 0 Å². The van der Waals surface area contributed by atoms with Crippen molar-refractivity contribution in [3.05, 3.63) is 47.7 Å². The van der Waals surface area contributed by atoms with E-state index in [9.17, 15) is 18.3 Å². The van der Waals surface area contributed by atoms with E-state index in [1.165, 1.54) is 6.07 Å². The summed E-state index contributed by atoms with van der Waals surface area (Å²) in [6.45, 7) is 3.84. The molecule has 1 aliphatic heterocycles. The molecule has 1 aliphatic rings. The van der Waals surface area contributed by atoms with Crippen molar-refractivity contribution in [2.45, 2.75) is 12.7 Å². The molecule has 0 aliphatic carbocycles. The van der Waals surface area contributed by atoms with E-state index in [1.54, 1.807) is 12.3 Å². The van der Waals surface area contributed by atoms with E-state index < -0.39 is 11.7 Å². The lowest BCUT2D eigenvalue weighted by atomic mass is 10.1. The van der Waals surface area contributed by atoms with Crippen LogP contribution in [0.3, 0.4) is 0 Å². The first kappa shape index (κ1) is 20.4. The Bertz CT molecular complexity index is 951. The predicted molar refractivity (Wildman–Crippen MR) is 102 cm³/mol. The summed E-state index contributed by atoms with van der Waals surface area (Å²) in [5.74, 6) is -0.197. The Kier molecular flexibility index (Phi) is 5.83. The van der Waals surface area contributed by atoms with E-state index in [2.05, 4.69) is 14.9 Å². The number of nitrogens with one attached hydrogen (secondary N) is 1. The second kappa shape index (κ2) is 7.98. The van der Waals surface area contributed by atoms with Crippen LogP contribution in [0.4, 0.5) is 13.2 Å². The van der Waals surface area contributed by atoms with Crippen molar-refractivity contribution in [2.24, 2.45) is 0 Å². The van der Waals surface area contributed by atoms with Gasteiger partial charge in [-0.15, -0.1) is 12.4 Å². The number of morpholine rings is 1. The van der Waals surface area contributed by atoms with Crippen molar-refractivity contribution in [2.75, 3.05) is 26.3 Å². The Hall–Kier alpha value is -2.29. The van der Waals surface area contributed by atoms with Crippen molar-refractivity contribution in [1.82, 2.24) is 14.9 Å². The van der Waals surface area contributed by atoms with Gasteiger partial charge in [0.1, 0.15) is 0 Å². The molecule has 0 amide bonds. The van der Waals surface area contributed by atoms with Crippen LogP contribution in [0.2, 0.25) is 0 Å². The lowest BCUT2D eigenvalue weighted by Gasteiger charge is -2.26. The molecular weight excluding hydrogens is 395 g/mol. The van der Waals surface area contributed by atoms with Gasteiger partial charge >= 0.3 is 6.18 Å². The lowest BCUT2D eigenvalue weighted by molar-refractivity contribution is -0.137. The van der Waals surface area contributed by atoms with Gasteiger partial charge in [0.2, 0.25) is 0 Å². The maximum absolute atomic E-state index is 13.0. The fraction of sp³-hybridized carbons (Fsp3) is 0.316. The molecule has 5 nitrogen and oxygen atoms in total. The van der Waals surface area contributed by atoms with E-state index in [-0.39, 0.29) is 29.2 Å². The van der Waals surface area contributed by atoms with Gasteiger partial charge in [-0.2, -0.15) is 13.2 Å². The van der Waals surface area contributed by atoms with E-state index in [0.717, 1.165) is 37.3 Å². The van der Waals surface area contributed by atoms with E-state index >= 15 is 0 Å². The number of fused-ring (bicyclic) bond motifs is 1. The van der Waals surface area contributed by atoms with Crippen LogP contribution in [0.1, 0.15) is 11.1 Å². The van der Waals surface area contributed by atoms with Gasteiger partial charge in [0.15, 0.2) is 5.88 Å². The van der Waals surface area contributed by atoms with Gasteiger partial charge in [-0.1, -0.05) is 6.07 Å². The third-order valence-corrected chi connectivity index (χ3v) is 4.70. The van der Waals surface area contributed by atoms with Gasteiger partial charge < -0.3 is 14.8 Å². The molecule has 0 radical (unpaired) electrons. The zero-order valence-corrected chi connectivity index (χ0v) is 15.6. The number of benzene rings is 1. The molecule has 0 unspecified atom stereocenters. The summed E-state index contributed by atoms with van der Waals surface area (Å²) in [6.07, 6.45) is -2.76. The molecule has 0 spiro atoms. The summed E-state index contributed by atoms with van der Waals surface area (Å²) in [7, 11) is 0. The number of hydrogen-bond donors (Lipinski definition) is 2. The number of ether oxygens (including phenoxy) is 1. The highest BCUT2D eigenvalue weighted by Gasteiger charge is 2.31. The van der Waals surface area contributed by atoms with E-state index in [1.807, 2.05) is 6.07 Å². The number of alkyl halides is 3. The van der Waals surface area contributed by atoms with Crippen molar-refractivity contribution < 1.29 is 23.0 Å². The van der Waals surface area contributed by atoms with Gasteiger partial charge in [-0.3, -0.25) is 9.88 Å². The molecule has 1 fully saturated rings. The molecule has 0 saturated carbocycles. The van der Waals surface area contributed by atoms with E-state index in [4.69, 9.17) is 4.74 Å². The van der Waals surface area contributed by atoms with Crippen molar-refractivity contribution in [3.8, 4) is 17.1 Å². The molecule has 2 N–H and O–H groups in total. The highest BCUT2D eigenvalue weighted by molar-refractivity contribution is 5.98. The highest BCUT2D eigenvalue weighted by Crippen LogP contribution is 2.39. The SMILES string of the molecule is Cl.Oc1[nH]c2ccc(C(F)(F)F)cc2c1-c1ccc(CN2CCOCC2)cn1. The topological polar surface area (TPSA) is 61.4 Å². The summed E-state index contributed by atoms with van der Waals surface area (Å²) in [5.41, 5.74) is 1.35. The predicted octanol–water partition coefficient (Wildman–Crippen LogP) is 4.21. The molecule has 150 valence electrons. The first-order valence-corrected chi connectivity index (χ1v) is 8.59. The number of halogens is 4. The number of pyridine rings is 1. The Morgan fingerprint density at radius 3 is 2.54 bits per heavy atom. The zero-order valence-electron chi connectivity index (χ0n) is 14.8. The molecule has 1 saturated heterocycles. The largest absolute Gasteiger partial charge is 0.494 e. The first-order chi connectivity index (χ1) is 12.9. The number of aromatic nitrogens is 2. The van der Waals surface area contributed by atoms with Crippen LogP contribution >= 0.6 is 12.4 Å². The normalized spacial score (nSPS) is 15.5. The molecule has 3 heterocycles. The molecule has 3 aromatic rings. The second-order valence-corrected chi connectivity index (χ2v) is 6.55. The number of hydrogen-bond acceptors (Lipinski definition) is 4. The summed E-state index contributed by atoms with van der Waals surface area (Å²) >= 11 is 0. The molecule has 2 aromatic heterocycles. The minimum Gasteiger partial charge on any atom is -0.494 e. The van der Waals surface area contributed by atoms with Crippen LogP contribution in [0, 0.1) is 0 Å². The van der Waals surface area contributed by atoms with Crippen molar-refractivity contribution in [3.63, 3.8) is 0 Å². The molecule has 9 heteroatoms. The summed E-state index contributed by atoms with van der Waals surface area (Å²) in [4.78, 5) is 9.33. The Morgan fingerprint density at radius 2 is 1.89 bits per heavy atom. The van der Waals surface area contributed by atoms with Crippen LogP contribution in [-0.2, 0) is 17.5 Å². The van der Waals surface area contributed by atoms with Crippen molar-refractivity contribution >= 4 is 23.3 Å². The minimum atomic E-state index is -4.45. The third kappa shape index (κ3) is 4.09. The van der Waals surface area contributed by atoms with Crippen LogP contribution in [-0.4, -0.2) is 46.3 Å². The number of aromatic amines is 1. The fourth-order valence-corrected chi connectivity index (χ4v) is 3.30. The van der Waals surface area contributed by atoms with E-state index in [0.29, 0.717) is 24.4 Å². The number of rotatable bonds is 3. The lowest BCUT2D eigenvalue weighted by Crippen LogP contribution is -2.35. The molecular formula is C19H19ClF3N3O2. The van der Waals surface area contributed by atoms with Crippen LogP contribution < -0.4 is 0 Å². The number of aromatic hydroxyl groups is 1. The average Bonchev–Trinajstić information content (AvgIpc) is 2.97. The molecule has 0 bridgehead atoms. The third-order valence-electron chi connectivity index (χ3n) is 4.70. The quantitative estimate of drug-likeness (QED) is 0.675. The molecule has 1 aromatic carbocycles. The summed E-state index contributed by atoms with van der Waals surface area (Å²) < 4.78 is 44.4. The standard InChI is InChI=1S/C19H18F3N3O2.ClH/c20-19(21,22)13-2-4-15-14(9-13)17(18(26)24-15)16-3-1-12(10-23-16)11-25-5-7-27-8-6-25;/h1-4,9-10,24,26H,5-8,11H2;1H. The smallest absolute Gasteiger partial charge is 0.416 e. The van der Waals surface area contributed by atoms with Gasteiger partial charge in [0, 0.05) is 36.7 Å². The molecule has 0 atom stereocenters. The second-order valence-electron chi connectivity index (χ2n) is 6.55. The number of H-pyrrole nitrogens is 1. The summed E-state index contributed by atoms with van der Waals surface area (Å²) in [5, 5.41) is 10.5. The highest BCUT2D eigenvalue weighted by atomic mass is 35.5. The molecule has 4 rings (SSSR count). The van der Waals surface area contributed by atoms with Gasteiger partial charge in [0.05, 0.1) is 30.0 Å². The van der Waals surface area contributed by atoms with Crippen molar-refractivity contribution in [1.29, 1.82) is 0 Å². The average molecular weight is 414 g/mol. The Labute approximate surface area is 165 Å². The zero-order chi connectivity index (χ0) is 19.0. The van der Waals surface area contributed by atoms with Crippen LogP contribution in [0.15, 0.2) is 36.5 Å². The fourth-order valence-electron chi connectivity index (χ4n) is 3.30. The minimum absolute atomic E-state index is 0. The van der Waals surface area contributed by atoms with Crippen LogP contribution in [0.5, 0.6) is 5.88 Å². The molecule has 28 heavy (non-hydrogen) atoms. The Balaban J connectivity index is 0.00000225. The van der Waals surface area contributed by atoms with Gasteiger partial charge in [-0.25, -0.2) is 0 Å². The Morgan fingerprint density at radius 1 is 1.14 bits per heavy atom. The summed E-state index contributed by atoms with van der Waals surface area (Å²) in [6, 6.07) is 6.93.